The summed E-state index contributed by atoms with van der Waals surface area (Å²) in [5.41, 5.74) is 3.52. The molecule has 2 aromatic carbocycles. The molecule has 8 nitrogen and oxygen atoms in total. The first-order chi connectivity index (χ1) is 16.6. The predicted molar refractivity (Wildman–Crippen MR) is 127 cm³/mol. The Morgan fingerprint density at radius 2 is 1.65 bits per heavy atom. The van der Waals surface area contributed by atoms with Gasteiger partial charge in [0.1, 0.15) is 0 Å². The summed E-state index contributed by atoms with van der Waals surface area (Å²) in [4.78, 5) is 29.2. The second-order valence-corrected chi connectivity index (χ2v) is 7.98. The number of rotatable bonds is 10. The van der Waals surface area contributed by atoms with Crippen LogP contribution in [0.3, 0.4) is 0 Å². The Kier molecular flexibility index (Phi) is 7.37. The van der Waals surface area contributed by atoms with Crippen molar-refractivity contribution in [2.45, 2.75) is 32.7 Å². The molecule has 8 heteroatoms. The molecule has 2 aromatic heterocycles. The van der Waals surface area contributed by atoms with Crippen molar-refractivity contribution in [2.75, 3.05) is 13.2 Å². The number of aromatic amines is 1. The average molecular weight is 461 g/mol. The summed E-state index contributed by atoms with van der Waals surface area (Å²) < 4.78 is 12.3. The Balaban J connectivity index is 1.70. The Bertz CT molecular complexity index is 1230. The standard InChI is InChI=1S/C26H28N4O4/c1-3-33-25(31)24(26(32)34-4-2)21(22-15-27-23-13-9-8-12-20(22)23)14-19-17-30(29-28-19)16-18-10-6-5-7-11-18/h5-13,15,17,21,24,27H,3-4,14,16H2,1-2H3. The fourth-order valence-corrected chi connectivity index (χ4v) is 4.20. The van der Waals surface area contributed by atoms with Gasteiger partial charge in [-0.2, -0.15) is 0 Å². The Hall–Kier alpha value is -3.94. The highest BCUT2D eigenvalue weighted by atomic mass is 16.6. The van der Waals surface area contributed by atoms with Crippen molar-refractivity contribution in [1.29, 1.82) is 0 Å². The van der Waals surface area contributed by atoms with Crippen molar-refractivity contribution in [3.8, 4) is 0 Å². The maximum absolute atomic E-state index is 13.0. The second kappa shape index (κ2) is 10.8. The summed E-state index contributed by atoms with van der Waals surface area (Å²) in [6.45, 7) is 4.35. The second-order valence-electron chi connectivity index (χ2n) is 7.98. The molecule has 4 rings (SSSR count). The number of aromatic nitrogens is 4. The third kappa shape index (κ3) is 5.17. The number of para-hydroxylation sites is 1. The SMILES string of the molecule is CCOC(=O)C(C(=O)OCC)C(Cc1cn(Cc2ccccc2)nn1)c1c[nH]c2ccccc12. The number of nitrogens with one attached hydrogen (secondary N) is 1. The van der Waals surface area contributed by atoms with Crippen LogP contribution in [0.2, 0.25) is 0 Å². The van der Waals surface area contributed by atoms with Gasteiger partial charge in [-0.05, 0) is 31.0 Å². The van der Waals surface area contributed by atoms with E-state index < -0.39 is 23.8 Å². The first-order valence-corrected chi connectivity index (χ1v) is 11.4. The van der Waals surface area contributed by atoms with Gasteiger partial charge in [0.05, 0.1) is 25.5 Å². The third-order valence-electron chi connectivity index (χ3n) is 5.71. The smallest absolute Gasteiger partial charge is 0.320 e. The number of H-pyrrole nitrogens is 1. The molecule has 4 aromatic rings. The molecule has 0 spiro atoms. The van der Waals surface area contributed by atoms with Crippen LogP contribution in [0.4, 0.5) is 0 Å². The van der Waals surface area contributed by atoms with Crippen LogP contribution in [0.25, 0.3) is 10.9 Å². The van der Waals surface area contributed by atoms with Gasteiger partial charge in [0, 0.05) is 35.6 Å². The van der Waals surface area contributed by atoms with Gasteiger partial charge in [0.15, 0.2) is 5.92 Å². The van der Waals surface area contributed by atoms with E-state index in [0.29, 0.717) is 18.7 Å². The molecule has 34 heavy (non-hydrogen) atoms. The van der Waals surface area contributed by atoms with E-state index in [1.165, 1.54) is 0 Å². The molecule has 0 bridgehead atoms. The van der Waals surface area contributed by atoms with E-state index in [9.17, 15) is 9.59 Å². The lowest BCUT2D eigenvalue weighted by atomic mass is 9.82. The molecule has 0 saturated carbocycles. The maximum Gasteiger partial charge on any atom is 0.320 e. The fraction of sp³-hybridized carbons (Fsp3) is 0.308. The van der Waals surface area contributed by atoms with Gasteiger partial charge in [-0.3, -0.25) is 9.59 Å². The van der Waals surface area contributed by atoms with E-state index in [0.717, 1.165) is 22.0 Å². The molecule has 176 valence electrons. The van der Waals surface area contributed by atoms with Crippen molar-refractivity contribution in [1.82, 2.24) is 20.0 Å². The highest BCUT2D eigenvalue weighted by Crippen LogP contribution is 2.35. The molecule has 0 aliphatic carbocycles. The number of hydrogen-bond donors (Lipinski definition) is 1. The van der Waals surface area contributed by atoms with E-state index in [2.05, 4.69) is 15.3 Å². The number of carbonyl (C=O) groups excluding carboxylic acids is 2. The number of benzene rings is 2. The molecular weight excluding hydrogens is 432 g/mol. The van der Waals surface area contributed by atoms with Crippen LogP contribution in [0.5, 0.6) is 0 Å². The quantitative estimate of drug-likeness (QED) is 0.285. The number of hydrogen-bond acceptors (Lipinski definition) is 6. The highest BCUT2D eigenvalue weighted by Gasteiger charge is 2.40. The molecule has 0 aliphatic heterocycles. The van der Waals surface area contributed by atoms with Crippen LogP contribution in [0.1, 0.15) is 36.6 Å². The Morgan fingerprint density at radius 1 is 0.971 bits per heavy atom. The van der Waals surface area contributed by atoms with Gasteiger partial charge in [-0.1, -0.05) is 53.7 Å². The molecule has 1 atom stereocenters. The van der Waals surface area contributed by atoms with Gasteiger partial charge in [0.25, 0.3) is 0 Å². The maximum atomic E-state index is 13.0. The van der Waals surface area contributed by atoms with Gasteiger partial charge in [0.2, 0.25) is 0 Å². The zero-order chi connectivity index (χ0) is 23.9. The molecule has 0 fully saturated rings. The number of ether oxygens (including phenoxy) is 2. The largest absolute Gasteiger partial charge is 0.465 e. The van der Waals surface area contributed by atoms with Crippen LogP contribution < -0.4 is 0 Å². The molecule has 1 N–H and O–H groups in total. The van der Waals surface area contributed by atoms with Crippen LogP contribution in [-0.4, -0.2) is 45.1 Å². The molecular formula is C26H28N4O4. The van der Waals surface area contributed by atoms with Gasteiger partial charge < -0.3 is 14.5 Å². The van der Waals surface area contributed by atoms with Crippen LogP contribution in [0.15, 0.2) is 67.0 Å². The topological polar surface area (TPSA) is 99.1 Å². The molecule has 0 saturated heterocycles. The molecule has 1 unspecified atom stereocenters. The van der Waals surface area contributed by atoms with E-state index >= 15 is 0 Å². The fourth-order valence-electron chi connectivity index (χ4n) is 4.20. The lowest BCUT2D eigenvalue weighted by Gasteiger charge is -2.23. The molecule has 2 heterocycles. The summed E-state index contributed by atoms with van der Waals surface area (Å²) in [6, 6.07) is 17.7. The molecule has 0 radical (unpaired) electrons. The van der Waals surface area contributed by atoms with Crippen molar-refractivity contribution in [2.24, 2.45) is 5.92 Å². The number of esters is 2. The summed E-state index contributed by atoms with van der Waals surface area (Å²) >= 11 is 0. The lowest BCUT2D eigenvalue weighted by molar-refractivity contribution is -0.162. The minimum absolute atomic E-state index is 0.169. The summed E-state index contributed by atoms with van der Waals surface area (Å²) in [6.07, 6.45) is 4.01. The van der Waals surface area contributed by atoms with Crippen LogP contribution in [-0.2, 0) is 32.0 Å². The zero-order valence-electron chi connectivity index (χ0n) is 19.3. The zero-order valence-corrected chi connectivity index (χ0v) is 19.3. The van der Waals surface area contributed by atoms with Gasteiger partial charge in [-0.15, -0.1) is 5.10 Å². The minimum Gasteiger partial charge on any atom is -0.465 e. The first kappa shape index (κ1) is 23.2. The van der Waals surface area contributed by atoms with E-state index in [-0.39, 0.29) is 13.2 Å². The molecule has 0 aliphatic rings. The third-order valence-corrected chi connectivity index (χ3v) is 5.71. The predicted octanol–water partition coefficient (Wildman–Crippen LogP) is 3.88. The van der Waals surface area contributed by atoms with Gasteiger partial charge >= 0.3 is 11.9 Å². The molecule has 0 amide bonds. The van der Waals surface area contributed by atoms with Crippen molar-refractivity contribution in [3.05, 3.63) is 83.8 Å². The van der Waals surface area contributed by atoms with Crippen LogP contribution >= 0.6 is 0 Å². The minimum atomic E-state index is -1.13. The van der Waals surface area contributed by atoms with E-state index in [1.807, 2.05) is 67.0 Å². The summed E-state index contributed by atoms with van der Waals surface area (Å²) in [7, 11) is 0. The highest BCUT2D eigenvalue weighted by molar-refractivity contribution is 5.97. The van der Waals surface area contributed by atoms with Crippen LogP contribution in [0, 0.1) is 5.92 Å². The Morgan fingerprint density at radius 3 is 2.35 bits per heavy atom. The Labute approximate surface area is 197 Å². The first-order valence-electron chi connectivity index (χ1n) is 11.4. The normalized spacial score (nSPS) is 12.1. The van der Waals surface area contributed by atoms with E-state index in [1.54, 1.807) is 18.5 Å². The summed E-state index contributed by atoms with van der Waals surface area (Å²) in [5, 5.41) is 9.52. The number of carbonyl (C=O) groups is 2. The summed E-state index contributed by atoms with van der Waals surface area (Å²) in [5.74, 6) is -2.88. The van der Waals surface area contributed by atoms with E-state index in [4.69, 9.17) is 9.47 Å². The van der Waals surface area contributed by atoms with Gasteiger partial charge in [-0.25, -0.2) is 4.68 Å². The van der Waals surface area contributed by atoms with Crippen molar-refractivity contribution in [3.63, 3.8) is 0 Å². The number of nitrogens with zero attached hydrogens (tertiary/aromatic N) is 3. The lowest BCUT2D eigenvalue weighted by Crippen LogP contribution is -2.34. The average Bonchev–Trinajstić information content (AvgIpc) is 3.46. The van der Waals surface area contributed by atoms with Crippen molar-refractivity contribution >= 4 is 22.8 Å². The monoisotopic (exact) mass is 460 g/mol. The number of fused-ring (bicyclic) bond motifs is 1. The van der Waals surface area contributed by atoms with Crippen molar-refractivity contribution < 1.29 is 19.1 Å².